The van der Waals surface area contributed by atoms with E-state index in [0.29, 0.717) is 31.2 Å². The highest BCUT2D eigenvalue weighted by atomic mass is 16.7. The normalized spacial score (nSPS) is 45.0. The van der Waals surface area contributed by atoms with E-state index in [-0.39, 0.29) is 36.6 Å². The van der Waals surface area contributed by atoms with Gasteiger partial charge in [-0.1, -0.05) is 59.3 Å². The number of aliphatic hydroxyl groups is 1. The Balaban J connectivity index is 1.09. The van der Waals surface area contributed by atoms with Crippen molar-refractivity contribution in [2.75, 3.05) is 19.8 Å². The van der Waals surface area contributed by atoms with Gasteiger partial charge in [0.2, 0.25) is 0 Å². The standard InChI is InChI=1S/C44H64N2O9/c1-26(2)16-20-41(4)35-34(48)36(49)43(27-12-8-7-9-13-27)31(42(35)24-52-33(47)22-32(42)54-41)17-19-40(3)37(53-39(50)38-44(40,43)55-38)29-18-21-51-30(29)15-11-6-5-10-14-28-23-45-25-46-28/h18,21,26-28,31-32,35-38,45-46,49H,5-17,19-20,22-25H2,1-4H3. The summed E-state index contributed by atoms with van der Waals surface area (Å²) >= 11 is 0. The molecular weight excluding hydrogens is 700 g/mol. The molecule has 1 aromatic rings. The number of carbonyl (C=O) groups excluding carboxylic acids is 3. The maximum absolute atomic E-state index is 15.5. The second-order valence-electron chi connectivity index (χ2n) is 19.7. The van der Waals surface area contributed by atoms with E-state index in [9.17, 15) is 14.7 Å². The Kier molecular flexibility index (Phi) is 9.67. The van der Waals surface area contributed by atoms with Crippen molar-refractivity contribution in [1.29, 1.82) is 0 Å². The lowest BCUT2D eigenvalue weighted by Crippen LogP contribution is -2.79. The van der Waals surface area contributed by atoms with Crippen LogP contribution < -0.4 is 10.6 Å². The maximum Gasteiger partial charge on any atom is 0.339 e. The lowest BCUT2D eigenvalue weighted by atomic mass is 9.33. The molecule has 55 heavy (non-hydrogen) atoms. The van der Waals surface area contributed by atoms with Crippen molar-refractivity contribution in [1.82, 2.24) is 10.6 Å². The number of aryl methyl sites for hydroxylation is 1. The average molecular weight is 765 g/mol. The van der Waals surface area contributed by atoms with Gasteiger partial charge in [-0.05, 0) is 82.1 Å². The van der Waals surface area contributed by atoms with Crippen LogP contribution in [-0.4, -0.2) is 78.2 Å². The van der Waals surface area contributed by atoms with Crippen molar-refractivity contribution >= 4 is 17.7 Å². The monoisotopic (exact) mass is 764 g/mol. The van der Waals surface area contributed by atoms with E-state index in [4.69, 9.17) is 23.4 Å². The van der Waals surface area contributed by atoms with Gasteiger partial charge in [-0.25, -0.2) is 4.79 Å². The summed E-state index contributed by atoms with van der Waals surface area (Å²) in [6, 6.07) is 2.52. The van der Waals surface area contributed by atoms with Gasteiger partial charge in [-0.2, -0.15) is 0 Å². The first kappa shape index (κ1) is 38.2. The molecule has 2 spiro atoms. The predicted molar refractivity (Wildman–Crippen MR) is 201 cm³/mol. The summed E-state index contributed by atoms with van der Waals surface area (Å²) < 4.78 is 32.7. The van der Waals surface area contributed by atoms with Crippen LogP contribution in [0.2, 0.25) is 0 Å². The molecule has 0 bridgehead atoms. The van der Waals surface area contributed by atoms with Crippen LogP contribution in [0.15, 0.2) is 16.7 Å². The quantitative estimate of drug-likeness (QED) is 0.129. The fourth-order valence-electron chi connectivity index (χ4n) is 14.2. The zero-order valence-corrected chi connectivity index (χ0v) is 33.5. The van der Waals surface area contributed by atoms with Crippen LogP contribution in [0.25, 0.3) is 0 Å². The van der Waals surface area contributed by atoms with Gasteiger partial charge in [0.15, 0.2) is 11.9 Å². The number of cyclic esters (lactones) is 2. The molecule has 6 heterocycles. The van der Waals surface area contributed by atoms with E-state index in [2.05, 4.69) is 31.4 Å². The van der Waals surface area contributed by atoms with Crippen molar-refractivity contribution in [2.45, 2.75) is 172 Å². The van der Waals surface area contributed by atoms with Crippen molar-refractivity contribution in [3.63, 3.8) is 0 Å². The number of Topliss-reactive ketones (excluding diaryl/α,β-unsaturated/α-hetero) is 1. The van der Waals surface area contributed by atoms with Crippen molar-refractivity contribution in [2.24, 2.45) is 39.9 Å². The molecule has 3 N–H and O–H groups in total. The number of hydrogen-bond acceptors (Lipinski definition) is 11. The van der Waals surface area contributed by atoms with Crippen molar-refractivity contribution in [3.05, 3.63) is 23.7 Å². The Morgan fingerprint density at radius 1 is 0.982 bits per heavy atom. The number of ketones is 1. The number of ether oxygens (including phenoxy) is 4. The molecule has 3 aliphatic carbocycles. The highest BCUT2D eigenvalue weighted by Gasteiger charge is 2.93. The molecule has 8 fully saturated rings. The number of epoxide rings is 1. The second-order valence-corrected chi connectivity index (χ2v) is 19.7. The van der Waals surface area contributed by atoms with Gasteiger partial charge in [-0.3, -0.25) is 9.59 Å². The lowest BCUT2D eigenvalue weighted by Gasteiger charge is -2.70. The minimum absolute atomic E-state index is 0.0588. The lowest BCUT2D eigenvalue weighted by molar-refractivity contribution is -0.275. The third-order valence-electron chi connectivity index (χ3n) is 16.5. The fourth-order valence-corrected chi connectivity index (χ4v) is 14.2. The van der Waals surface area contributed by atoms with Crippen LogP contribution in [0.5, 0.6) is 0 Å². The summed E-state index contributed by atoms with van der Waals surface area (Å²) in [7, 11) is 0. The Bertz CT molecular complexity index is 1650. The topological polar surface area (TPSA) is 149 Å². The van der Waals surface area contributed by atoms with Gasteiger partial charge in [0.1, 0.15) is 30.2 Å². The Morgan fingerprint density at radius 2 is 1.78 bits per heavy atom. The largest absolute Gasteiger partial charge is 0.469 e. The molecule has 0 aromatic carbocycles. The van der Waals surface area contributed by atoms with Gasteiger partial charge >= 0.3 is 11.9 Å². The molecule has 5 aliphatic heterocycles. The van der Waals surface area contributed by atoms with E-state index in [1.807, 2.05) is 13.0 Å². The van der Waals surface area contributed by atoms with Crippen LogP contribution in [0.1, 0.15) is 141 Å². The van der Waals surface area contributed by atoms with Crippen LogP contribution in [-0.2, 0) is 39.8 Å². The first-order valence-corrected chi connectivity index (χ1v) is 21.9. The SMILES string of the molecule is CC(C)CCC1(C)OC2CC(=O)OCC23C1C(=O)C(O)C1(C2CCCCC2)C3CCC2(C)C(c3ccoc3CCCCCCC3CNCN3)OC(=O)C3OC321. The number of hydrogen-bond donors (Lipinski definition) is 3. The minimum Gasteiger partial charge on any atom is -0.469 e. The molecule has 5 saturated heterocycles. The first-order valence-electron chi connectivity index (χ1n) is 21.9. The number of esters is 2. The maximum atomic E-state index is 15.5. The minimum atomic E-state index is -1.36. The van der Waals surface area contributed by atoms with Crippen LogP contribution >= 0.6 is 0 Å². The molecule has 0 radical (unpaired) electrons. The summed E-state index contributed by atoms with van der Waals surface area (Å²) in [5, 5.41) is 20.0. The summed E-state index contributed by atoms with van der Waals surface area (Å²) in [5.41, 5.74) is -3.77. The molecule has 304 valence electrons. The molecule has 11 heteroatoms. The summed E-state index contributed by atoms with van der Waals surface area (Å²) in [5.74, 6) is -0.666. The predicted octanol–water partition coefficient (Wildman–Crippen LogP) is 6.10. The van der Waals surface area contributed by atoms with Gasteiger partial charge < -0.3 is 39.1 Å². The Hall–Kier alpha value is -2.31. The first-order chi connectivity index (χ1) is 26.4. The van der Waals surface area contributed by atoms with Gasteiger partial charge in [0.05, 0.1) is 30.3 Å². The van der Waals surface area contributed by atoms with Gasteiger partial charge in [-0.15, -0.1) is 0 Å². The second kappa shape index (κ2) is 13.9. The zero-order valence-electron chi connectivity index (χ0n) is 33.5. The smallest absolute Gasteiger partial charge is 0.339 e. The van der Waals surface area contributed by atoms with E-state index in [1.165, 1.54) is 12.8 Å². The van der Waals surface area contributed by atoms with Crippen molar-refractivity contribution in [3.8, 4) is 0 Å². The van der Waals surface area contributed by atoms with E-state index >= 15 is 4.79 Å². The highest BCUT2D eigenvalue weighted by Crippen LogP contribution is 2.82. The van der Waals surface area contributed by atoms with E-state index in [0.717, 1.165) is 88.7 Å². The summed E-state index contributed by atoms with van der Waals surface area (Å²) in [6.07, 6.45) is 12.3. The summed E-state index contributed by atoms with van der Waals surface area (Å²) in [4.78, 5) is 42.9. The zero-order chi connectivity index (χ0) is 38.4. The average Bonchev–Trinajstić information content (AvgIpc) is 3.42. The van der Waals surface area contributed by atoms with Gasteiger partial charge in [0, 0.05) is 47.5 Å². The fraction of sp³-hybridized carbons (Fsp3) is 0.841. The number of rotatable bonds is 12. The molecule has 9 rings (SSSR count). The van der Waals surface area contributed by atoms with Gasteiger partial charge in [0.25, 0.3) is 0 Å². The molecule has 3 saturated carbocycles. The van der Waals surface area contributed by atoms with Crippen LogP contribution in [0.4, 0.5) is 0 Å². The van der Waals surface area contributed by atoms with Crippen LogP contribution in [0, 0.1) is 39.9 Å². The highest BCUT2D eigenvalue weighted by molar-refractivity contribution is 5.92. The molecule has 1 aromatic heterocycles. The Labute approximate surface area is 326 Å². The number of unbranched alkanes of at least 4 members (excludes halogenated alkanes) is 3. The number of carbonyl (C=O) groups is 3. The molecule has 11 nitrogen and oxygen atoms in total. The number of furan rings is 1. The summed E-state index contributed by atoms with van der Waals surface area (Å²) in [6.45, 7) is 10.6. The Morgan fingerprint density at radius 3 is 2.55 bits per heavy atom. The number of fused-ring (bicyclic) bond motifs is 1. The van der Waals surface area contributed by atoms with E-state index < -0.39 is 63.8 Å². The number of aliphatic hydroxyl groups excluding tert-OH is 1. The van der Waals surface area contributed by atoms with Crippen LogP contribution in [0.3, 0.4) is 0 Å². The molecule has 0 amide bonds. The molecular formula is C44H64N2O9. The molecule has 8 aliphatic rings. The number of nitrogens with one attached hydrogen (secondary N) is 2. The third kappa shape index (κ3) is 5.40. The third-order valence-corrected chi connectivity index (χ3v) is 16.5. The molecule has 12 atom stereocenters. The van der Waals surface area contributed by atoms with E-state index in [1.54, 1.807) is 6.26 Å². The van der Waals surface area contributed by atoms with Crippen molar-refractivity contribution < 1.29 is 42.9 Å². The molecule has 12 unspecified atom stereocenters.